The van der Waals surface area contributed by atoms with Crippen LogP contribution in [-0.2, 0) is 10.0 Å². The van der Waals surface area contributed by atoms with E-state index in [0.29, 0.717) is 12.1 Å². The molecule has 1 unspecified atom stereocenters. The fourth-order valence-electron chi connectivity index (χ4n) is 1.53. The Morgan fingerprint density at radius 1 is 1.56 bits per heavy atom. The van der Waals surface area contributed by atoms with Gasteiger partial charge in [0.2, 0.25) is 10.0 Å². The Kier molecular flexibility index (Phi) is 4.75. The zero-order valence-corrected chi connectivity index (χ0v) is 11.3. The summed E-state index contributed by atoms with van der Waals surface area (Å²) in [7, 11) is -2.22. The molecule has 1 aromatic carbocycles. The zero-order valence-electron chi connectivity index (χ0n) is 10.5. The van der Waals surface area contributed by atoms with Gasteiger partial charge in [0.25, 0.3) is 0 Å². The van der Waals surface area contributed by atoms with Crippen LogP contribution in [0.5, 0.6) is 5.75 Å². The molecule has 0 bridgehead atoms. The lowest BCUT2D eigenvalue weighted by Crippen LogP contribution is -2.32. The molecule has 100 valence electrons. The smallest absolute Gasteiger partial charge is 0.244 e. The molecule has 0 saturated carbocycles. The Hall–Kier alpha value is -1.53. The van der Waals surface area contributed by atoms with Crippen molar-refractivity contribution < 1.29 is 13.2 Å². The topological polar surface area (TPSA) is 81.4 Å². The van der Waals surface area contributed by atoms with Crippen LogP contribution in [0, 0.1) is 0 Å². The second-order valence-electron chi connectivity index (χ2n) is 3.96. The molecule has 0 aromatic heterocycles. The van der Waals surface area contributed by atoms with Gasteiger partial charge in [-0.3, -0.25) is 0 Å². The van der Waals surface area contributed by atoms with Gasteiger partial charge in [0, 0.05) is 17.8 Å². The maximum atomic E-state index is 12.1. The normalized spacial score (nSPS) is 13.0. The van der Waals surface area contributed by atoms with Crippen LogP contribution in [0.3, 0.4) is 0 Å². The first-order valence-corrected chi connectivity index (χ1v) is 6.95. The van der Waals surface area contributed by atoms with Crippen LogP contribution in [-0.4, -0.2) is 21.6 Å². The number of hydrogen-bond donors (Lipinski definition) is 2. The van der Waals surface area contributed by atoms with Crippen molar-refractivity contribution in [1.82, 2.24) is 4.72 Å². The molecular formula is C12H18N2O3S. The first kappa shape index (κ1) is 14.5. The van der Waals surface area contributed by atoms with Gasteiger partial charge in [-0.15, -0.1) is 6.58 Å². The lowest BCUT2D eigenvalue weighted by atomic mass is 10.3. The highest BCUT2D eigenvalue weighted by Gasteiger charge is 2.21. The lowest BCUT2D eigenvalue weighted by molar-refractivity contribution is 0.402. The molecule has 18 heavy (non-hydrogen) atoms. The molecule has 0 aliphatic rings. The highest BCUT2D eigenvalue weighted by molar-refractivity contribution is 7.89. The Morgan fingerprint density at radius 3 is 2.78 bits per heavy atom. The first-order valence-electron chi connectivity index (χ1n) is 5.47. The monoisotopic (exact) mass is 270 g/mol. The van der Waals surface area contributed by atoms with E-state index in [2.05, 4.69) is 11.3 Å². The van der Waals surface area contributed by atoms with Crippen molar-refractivity contribution in [3.05, 3.63) is 30.9 Å². The molecule has 1 atom stereocenters. The molecule has 0 heterocycles. The van der Waals surface area contributed by atoms with Gasteiger partial charge in [0.1, 0.15) is 10.6 Å². The van der Waals surface area contributed by atoms with Crippen LogP contribution in [0.25, 0.3) is 0 Å². The minimum absolute atomic E-state index is 0.0788. The maximum absolute atomic E-state index is 12.1. The van der Waals surface area contributed by atoms with Gasteiger partial charge in [-0.2, -0.15) is 0 Å². The van der Waals surface area contributed by atoms with Gasteiger partial charge in [-0.05, 0) is 25.5 Å². The van der Waals surface area contributed by atoms with Crippen LogP contribution in [0.15, 0.2) is 35.7 Å². The molecule has 0 aliphatic heterocycles. The predicted octanol–water partition coefficient (Wildman–Crippen LogP) is 1.52. The largest absolute Gasteiger partial charge is 0.495 e. The van der Waals surface area contributed by atoms with Crippen molar-refractivity contribution in [2.75, 3.05) is 12.8 Å². The van der Waals surface area contributed by atoms with Crippen LogP contribution in [0.4, 0.5) is 5.69 Å². The van der Waals surface area contributed by atoms with E-state index in [4.69, 9.17) is 10.5 Å². The molecule has 0 saturated heterocycles. The number of nitrogens with two attached hydrogens (primary N) is 1. The summed E-state index contributed by atoms with van der Waals surface area (Å²) in [4.78, 5) is 0.0788. The number of methoxy groups -OCH3 is 1. The number of ether oxygens (including phenoxy) is 1. The number of anilines is 1. The van der Waals surface area contributed by atoms with Crippen molar-refractivity contribution in [2.45, 2.75) is 24.3 Å². The summed E-state index contributed by atoms with van der Waals surface area (Å²) < 4.78 is 31.9. The highest BCUT2D eigenvalue weighted by atomic mass is 32.2. The number of nitrogen functional groups attached to an aromatic ring is 1. The van der Waals surface area contributed by atoms with Gasteiger partial charge in [0.15, 0.2) is 0 Å². The standard InChI is InChI=1S/C12H18N2O3S/c1-4-5-9(2)14-18(15,16)12-7-6-10(13)8-11(12)17-3/h4,6-9,14H,1,5,13H2,2-3H3. The Labute approximate surface area is 108 Å². The molecule has 5 nitrogen and oxygen atoms in total. The summed E-state index contributed by atoms with van der Waals surface area (Å²) in [6.45, 7) is 5.34. The fraction of sp³-hybridized carbons (Fsp3) is 0.333. The highest BCUT2D eigenvalue weighted by Crippen LogP contribution is 2.26. The third kappa shape index (κ3) is 3.48. The Bertz CT molecular complexity index is 526. The summed E-state index contributed by atoms with van der Waals surface area (Å²) in [6.07, 6.45) is 2.21. The van der Waals surface area contributed by atoms with E-state index >= 15 is 0 Å². The summed E-state index contributed by atoms with van der Waals surface area (Å²) in [6, 6.07) is 4.20. The SMILES string of the molecule is C=CCC(C)NS(=O)(=O)c1ccc(N)cc1OC. The van der Waals surface area contributed by atoms with Crippen LogP contribution < -0.4 is 15.2 Å². The van der Waals surface area contributed by atoms with E-state index in [-0.39, 0.29) is 16.7 Å². The van der Waals surface area contributed by atoms with Gasteiger partial charge in [-0.1, -0.05) is 6.08 Å². The Morgan fingerprint density at radius 2 is 2.22 bits per heavy atom. The minimum atomic E-state index is -3.62. The first-order chi connectivity index (χ1) is 8.40. The maximum Gasteiger partial charge on any atom is 0.244 e. The van der Waals surface area contributed by atoms with Gasteiger partial charge in [0.05, 0.1) is 7.11 Å². The number of sulfonamides is 1. The molecule has 0 amide bonds. The molecular weight excluding hydrogens is 252 g/mol. The number of nitrogens with one attached hydrogen (secondary N) is 1. The summed E-state index contributed by atoms with van der Waals surface area (Å²) in [5.74, 6) is 0.230. The molecule has 0 aliphatic carbocycles. The van der Waals surface area contributed by atoms with E-state index in [9.17, 15) is 8.42 Å². The van der Waals surface area contributed by atoms with Gasteiger partial charge >= 0.3 is 0 Å². The van der Waals surface area contributed by atoms with Crippen molar-refractivity contribution in [2.24, 2.45) is 0 Å². The van der Waals surface area contributed by atoms with E-state index in [0.717, 1.165) is 0 Å². The van der Waals surface area contributed by atoms with E-state index in [1.54, 1.807) is 13.0 Å². The second kappa shape index (κ2) is 5.88. The van der Waals surface area contributed by atoms with Crippen molar-refractivity contribution in [1.29, 1.82) is 0 Å². The molecule has 1 aromatic rings. The Balaban J connectivity index is 3.08. The molecule has 0 fully saturated rings. The average molecular weight is 270 g/mol. The number of hydrogen-bond acceptors (Lipinski definition) is 4. The zero-order chi connectivity index (χ0) is 13.8. The van der Waals surface area contributed by atoms with Crippen LogP contribution in [0.1, 0.15) is 13.3 Å². The molecule has 3 N–H and O–H groups in total. The fourth-order valence-corrected chi connectivity index (χ4v) is 2.94. The molecule has 0 spiro atoms. The third-order valence-electron chi connectivity index (χ3n) is 2.35. The van der Waals surface area contributed by atoms with Crippen LogP contribution in [0.2, 0.25) is 0 Å². The number of benzene rings is 1. The van der Waals surface area contributed by atoms with Crippen molar-refractivity contribution in [3.8, 4) is 5.75 Å². The summed E-state index contributed by atoms with van der Waals surface area (Å²) in [5, 5.41) is 0. The van der Waals surface area contributed by atoms with Crippen LogP contribution >= 0.6 is 0 Å². The molecule has 6 heteroatoms. The van der Waals surface area contributed by atoms with E-state index in [1.807, 2.05) is 0 Å². The van der Waals surface area contributed by atoms with Crippen molar-refractivity contribution in [3.63, 3.8) is 0 Å². The lowest BCUT2D eigenvalue weighted by Gasteiger charge is -2.14. The van der Waals surface area contributed by atoms with Gasteiger partial charge < -0.3 is 10.5 Å². The summed E-state index contributed by atoms with van der Waals surface area (Å²) in [5.41, 5.74) is 6.04. The minimum Gasteiger partial charge on any atom is -0.495 e. The second-order valence-corrected chi connectivity index (χ2v) is 5.64. The third-order valence-corrected chi connectivity index (χ3v) is 3.98. The van der Waals surface area contributed by atoms with E-state index in [1.165, 1.54) is 25.3 Å². The quantitative estimate of drug-likeness (QED) is 0.606. The summed E-state index contributed by atoms with van der Waals surface area (Å²) >= 11 is 0. The average Bonchev–Trinajstić information content (AvgIpc) is 2.27. The predicted molar refractivity (Wildman–Crippen MR) is 72.0 cm³/mol. The molecule has 1 rings (SSSR count). The van der Waals surface area contributed by atoms with Gasteiger partial charge in [-0.25, -0.2) is 13.1 Å². The van der Waals surface area contributed by atoms with E-state index < -0.39 is 10.0 Å². The molecule has 0 radical (unpaired) electrons. The number of rotatable bonds is 6. The van der Waals surface area contributed by atoms with Crippen molar-refractivity contribution >= 4 is 15.7 Å².